The second-order valence-corrected chi connectivity index (χ2v) is 6.12. The molecule has 1 atom stereocenters. The van der Waals surface area contributed by atoms with Gasteiger partial charge in [0.25, 0.3) is 0 Å². The van der Waals surface area contributed by atoms with Gasteiger partial charge in [-0.15, -0.1) is 11.8 Å². The van der Waals surface area contributed by atoms with Crippen LogP contribution >= 0.6 is 11.8 Å². The summed E-state index contributed by atoms with van der Waals surface area (Å²) in [6.45, 7) is 3.79. The fraction of sp³-hybridized carbons (Fsp3) is 0.571. The van der Waals surface area contributed by atoms with Crippen LogP contribution in [0.15, 0.2) is 23.1 Å². The highest BCUT2D eigenvalue weighted by Gasteiger charge is 2.16. The molecule has 0 aliphatic carbocycles. The Balaban J connectivity index is 1.70. The number of benzene rings is 1. The van der Waals surface area contributed by atoms with Crippen molar-refractivity contribution in [2.75, 3.05) is 26.3 Å². The topological polar surface area (TPSA) is 30.5 Å². The van der Waals surface area contributed by atoms with Crippen molar-refractivity contribution in [2.24, 2.45) is 0 Å². The number of rotatable bonds is 2. The summed E-state index contributed by atoms with van der Waals surface area (Å²) >= 11 is 1.95. The Morgan fingerprint density at radius 1 is 1.11 bits per heavy atom. The first kappa shape index (κ1) is 12.2. The molecule has 0 saturated carbocycles. The SMILES string of the molecule is c1cc2c(cc1SC1CCCNC1)OCCCO2. The van der Waals surface area contributed by atoms with E-state index in [1.54, 1.807) is 0 Å². The first-order valence-corrected chi connectivity index (χ1v) is 7.57. The first-order valence-electron chi connectivity index (χ1n) is 6.69. The fourth-order valence-electron chi connectivity index (χ4n) is 2.33. The number of piperidine rings is 1. The van der Waals surface area contributed by atoms with Crippen LogP contribution < -0.4 is 14.8 Å². The standard InChI is InChI=1S/C14H19NO2S/c1-3-12(10-15-6-1)18-11-4-5-13-14(9-11)17-8-2-7-16-13/h4-5,9,12,15H,1-3,6-8,10H2. The van der Waals surface area contributed by atoms with Crippen LogP contribution in [0, 0.1) is 0 Å². The van der Waals surface area contributed by atoms with Gasteiger partial charge in [0.05, 0.1) is 13.2 Å². The van der Waals surface area contributed by atoms with E-state index in [2.05, 4.69) is 17.4 Å². The molecule has 0 aromatic heterocycles. The Morgan fingerprint density at radius 2 is 2.00 bits per heavy atom. The van der Waals surface area contributed by atoms with Crippen LogP contribution in [-0.4, -0.2) is 31.6 Å². The van der Waals surface area contributed by atoms with E-state index in [-0.39, 0.29) is 0 Å². The third kappa shape index (κ3) is 2.93. The van der Waals surface area contributed by atoms with Crippen molar-refractivity contribution in [1.82, 2.24) is 5.32 Å². The second-order valence-electron chi connectivity index (χ2n) is 4.75. The van der Waals surface area contributed by atoms with Crippen molar-refractivity contribution in [3.8, 4) is 11.5 Å². The van der Waals surface area contributed by atoms with Crippen molar-refractivity contribution in [3.05, 3.63) is 18.2 Å². The fourth-order valence-corrected chi connectivity index (χ4v) is 3.52. The van der Waals surface area contributed by atoms with Gasteiger partial charge in [-0.2, -0.15) is 0 Å². The molecule has 18 heavy (non-hydrogen) atoms. The van der Waals surface area contributed by atoms with Gasteiger partial charge < -0.3 is 14.8 Å². The molecular formula is C14H19NO2S. The van der Waals surface area contributed by atoms with E-state index in [9.17, 15) is 0 Å². The van der Waals surface area contributed by atoms with Gasteiger partial charge in [0, 0.05) is 23.1 Å². The van der Waals surface area contributed by atoms with Crippen molar-refractivity contribution in [2.45, 2.75) is 29.4 Å². The summed E-state index contributed by atoms with van der Waals surface area (Å²) < 4.78 is 11.4. The van der Waals surface area contributed by atoms with E-state index < -0.39 is 0 Å². The lowest BCUT2D eigenvalue weighted by molar-refractivity contribution is 0.297. The van der Waals surface area contributed by atoms with Gasteiger partial charge in [-0.1, -0.05) is 0 Å². The number of hydrogen-bond acceptors (Lipinski definition) is 4. The summed E-state index contributed by atoms with van der Waals surface area (Å²) in [5.41, 5.74) is 0. The molecule has 3 nitrogen and oxygen atoms in total. The van der Waals surface area contributed by atoms with Crippen molar-refractivity contribution in [1.29, 1.82) is 0 Å². The predicted molar refractivity (Wildman–Crippen MR) is 73.8 cm³/mol. The lowest BCUT2D eigenvalue weighted by Crippen LogP contribution is -2.31. The molecule has 4 heteroatoms. The Hall–Kier alpha value is -0.870. The third-order valence-corrected chi connectivity index (χ3v) is 4.54. The van der Waals surface area contributed by atoms with Crippen LogP contribution in [0.3, 0.4) is 0 Å². The van der Waals surface area contributed by atoms with Crippen LogP contribution in [0.4, 0.5) is 0 Å². The number of ether oxygens (including phenoxy) is 2. The first-order chi connectivity index (χ1) is 8.92. The minimum Gasteiger partial charge on any atom is -0.490 e. The van der Waals surface area contributed by atoms with Gasteiger partial charge in [-0.05, 0) is 37.6 Å². The Labute approximate surface area is 112 Å². The zero-order chi connectivity index (χ0) is 12.2. The van der Waals surface area contributed by atoms with Gasteiger partial charge in [0.1, 0.15) is 0 Å². The van der Waals surface area contributed by atoms with Crippen molar-refractivity contribution in [3.63, 3.8) is 0 Å². The average molecular weight is 265 g/mol. The molecule has 1 saturated heterocycles. The number of nitrogens with one attached hydrogen (secondary N) is 1. The van der Waals surface area contributed by atoms with Crippen LogP contribution in [-0.2, 0) is 0 Å². The maximum atomic E-state index is 5.72. The van der Waals surface area contributed by atoms with E-state index >= 15 is 0 Å². The van der Waals surface area contributed by atoms with Crippen LogP contribution in [0.5, 0.6) is 11.5 Å². The monoisotopic (exact) mass is 265 g/mol. The van der Waals surface area contributed by atoms with Gasteiger partial charge >= 0.3 is 0 Å². The highest BCUT2D eigenvalue weighted by molar-refractivity contribution is 8.00. The normalized spacial score (nSPS) is 23.4. The maximum absolute atomic E-state index is 5.72. The Morgan fingerprint density at radius 3 is 2.83 bits per heavy atom. The zero-order valence-electron chi connectivity index (χ0n) is 10.5. The third-order valence-electron chi connectivity index (χ3n) is 3.27. The molecule has 2 aliphatic heterocycles. The minimum absolute atomic E-state index is 0.684. The van der Waals surface area contributed by atoms with E-state index in [4.69, 9.17) is 9.47 Å². The highest BCUT2D eigenvalue weighted by atomic mass is 32.2. The average Bonchev–Trinajstić information content (AvgIpc) is 2.64. The summed E-state index contributed by atoms with van der Waals surface area (Å²) in [6, 6.07) is 6.31. The maximum Gasteiger partial charge on any atom is 0.162 e. The number of hydrogen-bond donors (Lipinski definition) is 1. The van der Waals surface area contributed by atoms with Crippen LogP contribution in [0.2, 0.25) is 0 Å². The molecule has 2 heterocycles. The van der Waals surface area contributed by atoms with E-state index in [0.29, 0.717) is 5.25 Å². The molecule has 1 unspecified atom stereocenters. The molecule has 0 bridgehead atoms. The molecule has 0 amide bonds. The van der Waals surface area contributed by atoms with E-state index in [1.807, 2.05) is 17.8 Å². The quantitative estimate of drug-likeness (QED) is 0.890. The summed E-state index contributed by atoms with van der Waals surface area (Å²) in [4.78, 5) is 1.29. The summed E-state index contributed by atoms with van der Waals surface area (Å²) in [7, 11) is 0. The molecule has 1 aromatic rings. The molecule has 98 valence electrons. The summed E-state index contributed by atoms with van der Waals surface area (Å²) in [5.74, 6) is 1.79. The Kier molecular flexibility index (Phi) is 3.96. The van der Waals surface area contributed by atoms with Gasteiger partial charge in [-0.3, -0.25) is 0 Å². The zero-order valence-corrected chi connectivity index (χ0v) is 11.3. The molecular weight excluding hydrogens is 246 g/mol. The summed E-state index contributed by atoms with van der Waals surface area (Å²) in [5, 5.41) is 4.13. The van der Waals surface area contributed by atoms with Gasteiger partial charge in [0.15, 0.2) is 11.5 Å². The molecule has 1 N–H and O–H groups in total. The highest BCUT2D eigenvalue weighted by Crippen LogP contribution is 2.36. The largest absolute Gasteiger partial charge is 0.490 e. The smallest absolute Gasteiger partial charge is 0.162 e. The lowest BCUT2D eigenvalue weighted by Gasteiger charge is -2.22. The van der Waals surface area contributed by atoms with Crippen LogP contribution in [0.25, 0.3) is 0 Å². The molecule has 1 fully saturated rings. The van der Waals surface area contributed by atoms with E-state index in [0.717, 1.165) is 44.2 Å². The second kappa shape index (κ2) is 5.85. The molecule has 1 aromatic carbocycles. The molecule has 0 spiro atoms. The van der Waals surface area contributed by atoms with Gasteiger partial charge in [0.2, 0.25) is 0 Å². The number of thioether (sulfide) groups is 1. The van der Waals surface area contributed by atoms with Crippen LogP contribution in [0.1, 0.15) is 19.3 Å². The van der Waals surface area contributed by atoms with Gasteiger partial charge in [-0.25, -0.2) is 0 Å². The summed E-state index contributed by atoms with van der Waals surface area (Å²) in [6.07, 6.45) is 3.54. The van der Waals surface area contributed by atoms with E-state index in [1.165, 1.54) is 17.7 Å². The molecule has 3 rings (SSSR count). The lowest BCUT2D eigenvalue weighted by atomic mass is 10.2. The predicted octanol–water partition coefficient (Wildman–Crippen LogP) is 2.69. The Bertz CT molecular complexity index is 405. The molecule has 2 aliphatic rings. The van der Waals surface area contributed by atoms with Crippen molar-refractivity contribution < 1.29 is 9.47 Å². The molecule has 0 radical (unpaired) electrons. The van der Waals surface area contributed by atoms with Crippen molar-refractivity contribution >= 4 is 11.8 Å². The minimum atomic E-state index is 0.684. The number of fused-ring (bicyclic) bond motifs is 1.